The van der Waals surface area contributed by atoms with Crippen LogP contribution in [0.25, 0.3) is 10.8 Å². The van der Waals surface area contributed by atoms with Crippen molar-refractivity contribution < 1.29 is 9.53 Å². The number of nitrogens with one attached hydrogen (secondary N) is 1. The van der Waals surface area contributed by atoms with Crippen molar-refractivity contribution in [2.45, 2.75) is 31.7 Å². The highest BCUT2D eigenvalue weighted by molar-refractivity contribution is 6.43. The van der Waals surface area contributed by atoms with Gasteiger partial charge in [0.1, 0.15) is 0 Å². The molecule has 3 rings (SSSR count). The maximum Gasteiger partial charge on any atom is 0.359 e. The Hall–Kier alpha value is -1.59. The Morgan fingerprint density at radius 3 is 2.45 bits per heavy atom. The molecule has 0 unspecified atom stereocenters. The molecule has 1 N–H and O–H groups in total. The van der Waals surface area contributed by atoms with E-state index in [1.165, 1.54) is 20.0 Å². The van der Waals surface area contributed by atoms with Gasteiger partial charge in [0.15, 0.2) is 11.5 Å². The zero-order valence-corrected chi connectivity index (χ0v) is 13.5. The minimum atomic E-state index is -0.552. The van der Waals surface area contributed by atoms with E-state index in [9.17, 15) is 4.79 Å². The summed E-state index contributed by atoms with van der Waals surface area (Å²) in [5.74, 6) is 0.0661. The summed E-state index contributed by atoms with van der Waals surface area (Å²) in [6, 6.07) is 3.70. The second kappa shape index (κ2) is 6.26. The molecule has 1 heterocycles. The molecule has 1 aliphatic carbocycles. The first kappa shape index (κ1) is 15.3. The Morgan fingerprint density at radius 1 is 1.18 bits per heavy atom. The highest BCUT2D eigenvalue weighted by Crippen LogP contribution is 2.33. The molecule has 5 nitrogen and oxygen atoms in total. The number of halogens is 2. The molecule has 1 aromatic carbocycles. The van der Waals surface area contributed by atoms with Gasteiger partial charge in [0.2, 0.25) is 0 Å². The molecule has 0 radical (unpaired) electrons. The summed E-state index contributed by atoms with van der Waals surface area (Å²) in [5.41, 5.74) is 0.132. The summed E-state index contributed by atoms with van der Waals surface area (Å²) < 4.78 is 4.75. The number of carbonyl (C=O) groups is 1. The van der Waals surface area contributed by atoms with Crippen molar-refractivity contribution in [3.05, 3.63) is 27.9 Å². The summed E-state index contributed by atoms with van der Waals surface area (Å²) in [6.45, 7) is 0. The molecule has 22 heavy (non-hydrogen) atoms. The number of ether oxygens (including phenoxy) is 1. The number of rotatable bonds is 3. The standard InChI is InChI=1S/C15H15Cl2N3O2/c1-22-15(21)13-9-6-11(16)12(17)7-10(9)14(20-19-13)18-8-4-2-3-5-8/h6-8H,2-5H2,1H3,(H,18,20). The molecule has 0 atom stereocenters. The van der Waals surface area contributed by atoms with Gasteiger partial charge in [0.25, 0.3) is 0 Å². The van der Waals surface area contributed by atoms with Gasteiger partial charge < -0.3 is 10.1 Å². The fourth-order valence-corrected chi connectivity index (χ4v) is 3.09. The number of esters is 1. The lowest BCUT2D eigenvalue weighted by Gasteiger charge is -2.15. The second-order valence-corrected chi connectivity index (χ2v) is 6.14. The number of hydrogen-bond acceptors (Lipinski definition) is 5. The third-order valence-electron chi connectivity index (χ3n) is 3.90. The van der Waals surface area contributed by atoms with Gasteiger partial charge in [-0.15, -0.1) is 10.2 Å². The van der Waals surface area contributed by atoms with Crippen LogP contribution in [0, 0.1) is 0 Å². The first-order valence-electron chi connectivity index (χ1n) is 7.10. The van der Waals surface area contributed by atoms with Gasteiger partial charge in [-0.05, 0) is 25.0 Å². The van der Waals surface area contributed by atoms with E-state index in [0.29, 0.717) is 27.3 Å². The third kappa shape index (κ3) is 2.83. The van der Waals surface area contributed by atoms with E-state index in [0.717, 1.165) is 18.2 Å². The second-order valence-electron chi connectivity index (χ2n) is 5.33. The van der Waals surface area contributed by atoms with Crippen LogP contribution in [0.15, 0.2) is 12.1 Å². The molecule has 7 heteroatoms. The van der Waals surface area contributed by atoms with Crippen LogP contribution in [0.4, 0.5) is 5.82 Å². The van der Waals surface area contributed by atoms with Gasteiger partial charge in [-0.25, -0.2) is 4.79 Å². The van der Waals surface area contributed by atoms with Crippen LogP contribution < -0.4 is 5.32 Å². The Morgan fingerprint density at radius 2 is 1.82 bits per heavy atom. The van der Waals surface area contributed by atoms with E-state index in [1.807, 2.05) is 0 Å². The summed E-state index contributed by atoms with van der Waals surface area (Å²) in [6.07, 6.45) is 4.61. The van der Waals surface area contributed by atoms with Crippen molar-refractivity contribution in [3.63, 3.8) is 0 Å². The van der Waals surface area contributed by atoms with E-state index in [2.05, 4.69) is 15.5 Å². The predicted octanol–water partition coefficient (Wildman–Crippen LogP) is 4.08. The quantitative estimate of drug-likeness (QED) is 0.853. The number of anilines is 1. The highest BCUT2D eigenvalue weighted by Gasteiger charge is 2.21. The molecule has 1 aliphatic rings. The van der Waals surface area contributed by atoms with E-state index in [1.54, 1.807) is 12.1 Å². The molecule has 1 fully saturated rings. The molecule has 0 amide bonds. The normalized spacial score (nSPS) is 15.2. The summed E-state index contributed by atoms with van der Waals surface area (Å²) >= 11 is 12.2. The molecular weight excluding hydrogens is 325 g/mol. The van der Waals surface area contributed by atoms with Crippen LogP contribution >= 0.6 is 23.2 Å². The monoisotopic (exact) mass is 339 g/mol. The van der Waals surface area contributed by atoms with Crippen LogP contribution in [0.5, 0.6) is 0 Å². The van der Waals surface area contributed by atoms with Crippen LogP contribution in [0.2, 0.25) is 10.0 Å². The number of nitrogens with zero attached hydrogens (tertiary/aromatic N) is 2. The first-order chi connectivity index (χ1) is 10.6. The summed E-state index contributed by atoms with van der Waals surface area (Å²) in [7, 11) is 1.30. The average Bonchev–Trinajstić information content (AvgIpc) is 3.01. The van der Waals surface area contributed by atoms with Crippen molar-refractivity contribution in [2.75, 3.05) is 12.4 Å². The van der Waals surface area contributed by atoms with E-state index < -0.39 is 5.97 Å². The largest absolute Gasteiger partial charge is 0.464 e. The number of methoxy groups -OCH3 is 1. The van der Waals surface area contributed by atoms with Crippen molar-refractivity contribution in [2.24, 2.45) is 0 Å². The van der Waals surface area contributed by atoms with E-state index >= 15 is 0 Å². The van der Waals surface area contributed by atoms with E-state index in [4.69, 9.17) is 27.9 Å². The van der Waals surface area contributed by atoms with Gasteiger partial charge in [-0.1, -0.05) is 36.0 Å². The molecule has 1 saturated carbocycles. The Labute approximate surface area is 138 Å². The minimum absolute atomic E-state index is 0.132. The lowest BCUT2D eigenvalue weighted by Crippen LogP contribution is -2.17. The number of fused-ring (bicyclic) bond motifs is 1. The summed E-state index contributed by atoms with van der Waals surface area (Å²) in [5, 5.41) is 13.6. The Bertz CT molecular complexity index is 730. The minimum Gasteiger partial charge on any atom is -0.464 e. The first-order valence-corrected chi connectivity index (χ1v) is 7.86. The number of carbonyl (C=O) groups excluding carboxylic acids is 1. The highest BCUT2D eigenvalue weighted by atomic mass is 35.5. The van der Waals surface area contributed by atoms with Gasteiger partial charge in [0.05, 0.1) is 17.2 Å². The molecule has 0 aliphatic heterocycles. The zero-order chi connectivity index (χ0) is 15.7. The molecule has 0 spiro atoms. The van der Waals surface area contributed by atoms with Crippen molar-refractivity contribution >= 4 is 45.8 Å². The average molecular weight is 340 g/mol. The number of hydrogen-bond donors (Lipinski definition) is 1. The molecule has 0 bridgehead atoms. The Balaban J connectivity index is 2.13. The molecule has 116 valence electrons. The fraction of sp³-hybridized carbons (Fsp3) is 0.400. The predicted molar refractivity (Wildman–Crippen MR) is 86.8 cm³/mol. The van der Waals surface area contributed by atoms with E-state index in [-0.39, 0.29) is 5.69 Å². The van der Waals surface area contributed by atoms with Gasteiger partial charge in [-0.3, -0.25) is 0 Å². The van der Waals surface area contributed by atoms with Gasteiger partial charge >= 0.3 is 5.97 Å². The van der Waals surface area contributed by atoms with Crippen molar-refractivity contribution in [1.82, 2.24) is 10.2 Å². The molecular formula is C15H15Cl2N3O2. The maximum absolute atomic E-state index is 11.9. The third-order valence-corrected chi connectivity index (χ3v) is 4.62. The smallest absolute Gasteiger partial charge is 0.359 e. The summed E-state index contributed by atoms with van der Waals surface area (Å²) in [4.78, 5) is 11.9. The van der Waals surface area contributed by atoms with Crippen LogP contribution in [0.3, 0.4) is 0 Å². The maximum atomic E-state index is 11.9. The zero-order valence-electron chi connectivity index (χ0n) is 12.0. The van der Waals surface area contributed by atoms with Crippen molar-refractivity contribution in [1.29, 1.82) is 0 Å². The molecule has 0 saturated heterocycles. The van der Waals surface area contributed by atoms with Gasteiger partial charge in [0, 0.05) is 16.8 Å². The van der Waals surface area contributed by atoms with Crippen LogP contribution in [-0.2, 0) is 4.74 Å². The SMILES string of the molecule is COC(=O)c1nnc(NC2CCCC2)c2cc(Cl)c(Cl)cc12. The lowest BCUT2D eigenvalue weighted by atomic mass is 10.1. The van der Waals surface area contributed by atoms with Crippen molar-refractivity contribution in [3.8, 4) is 0 Å². The molecule has 1 aromatic heterocycles. The topological polar surface area (TPSA) is 64.1 Å². The fourth-order valence-electron chi connectivity index (χ4n) is 2.76. The van der Waals surface area contributed by atoms with Gasteiger partial charge in [-0.2, -0.15) is 0 Å². The number of aromatic nitrogens is 2. The molecule has 2 aromatic rings. The van der Waals surface area contributed by atoms with Crippen LogP contribution in [-0.4, -0.2) is 29.3 Å². The lowest BCUT2D eigenvalue weighted by molar-refractivity contribution is 0.0595. The number of benzene rings is 1. The van der Waals surface area contributed by atoms with Crippen LogP contribution in [0.1, 0.15) is 36.2 Å². The Kier molecular flexibility index (Phi) is 4.36.